The molecule has 0 aromatic heterocycles. The topological polar surface area (TPSA) is 102 Å². The Balaban J connectivity index is 1.18. The molecule has 0 spiro atoms. The van der Waals surface area contributed by atoms with Crippen molar-refractivity contribution in [2.24, 2.45) is 11.8 Å². The molecule has 3 atom stereocenters. The highest BCUT2D eigenvalue weighted by Gasteiger charge is 2.46. The van der Waals surface area contributed by atoms with Crippen LogP contribution in [-0.2, 0) is 25.7 Å². The third kappa shape index (κ3) is 4.14. The summed E-state index contributed by atoms with van der Waals surface area (Å²) in [4.78, 5) is 57.3. The lowest BCUT2D eigenvalue weighted by molar-refractivity contribution is -0.176. The van der Waals surface area contributed by atoms with E-state index < -0.39 is 35.9 Å². The van der Waals surface area contributed by atoms with E-state index in [0.717, 1.165) is 5.56 Å². The molecule has 9 heteroatoms. The molecule has 2 aromatic rings. The van der Waals surface area contributed by atoms with Crippen molar-refractivity contribution in [1.82, 2.24) is 9.96 Å². The molecule has 9 nitrogen and oxygen atoms in total. The van der Waals surface area contributed by atoms with Gasteiger partial charge >= 0.3 is 12.1 Å². The highest BCUT2D eigenvalue weighted by Crippen LogP contribution is 2.34. The number of carbonyl (C=O) groups excluding carboxylic acids is 4. The molecule has 0 aliphatic carbocycles. The van der Waals surface area contributed by atoms with E-state index >= 15 is 0 Å². The van der Waals surface area contributed by atoms with Crippen LogP contribution in [0, 0.1) is 11.8 Å². The van der Waals surface area contributed by atoms with Crippen LogP contribution in [0.4, 0.5) is 4.79 Å². The SMILES string of the molecule is O=C(ON1C(=O)c2ccccc2C1=O)[C@@H]1CCO[C@H]1C1CCN(C(=O)OCc2ccccc2)C1. The smallest absolute Gasteiger partial charge is 0.410 e. The fourth-order valence-corrected chi connectivity index (χ4v) is 4.77. The molecule has 3 heterocycles. The second-order valence-corrected chi connectivity index (χ2v) is 8.63. The lowest BCUT2D eigenvalue weighted by atomic mass is 9.90. The van der Waals surface area contributed by atoms with Gasteiger partial charge in [0.1, 0.15) is 6.61 Å². The quantitative estimate of drug-likeness (QED) is 0.627. The normalized spacial score (nSPS) is 23.8. The maximum Gasteiger partial charge on any atom is 0.410 e. The zero-order chi connectivity index (χ0) is 23.7. The molecule has 34 heavy (non-hydrogen) atoms. The van der Waals surface area contributed by atoms with Gasteiger partial charge in [-0.05, 0) is 30.5 Å². The molecule has 3 amide bonds. The second-order valence-electron chi connectivity index (χ2n) is 8.63. The van der Waals surface area contributed by atoms with E-state index in [-0.39, 0.29) is 23.7 Å². The predicted molar refractivity (Wildman–Crippen MR) is 117 cm³/mol. The molecule has 5 rings (SSSR count). The van der Waals surface area contributed by atoms with E-state index in [1.807, 2.05) is 30.3 Å². The number of amides is 3. The maximum atomic E-state index is 12.9. The predicted octanol–water partition coefficient (Wildman–Crippen LogP) is 2.80. The largest absolute Gasteiger partial charge is 0.445 e. The van der Waals surface area contributed by atoms with Crippen LogP contribution in [0.2, 0.25) is 0 Å². The van der Waals surface area contributed by atoms with Gasteiger partial charge in [-0.25, -0.2) is 9.59 Å². The van der Waals surface area contributed by atoms with Crippen molar-refractivity contribution in [3.63, 3.8) is 0 Å². The summed E-state index contributed by atoms with van der Waals surface area (Å²) in [5.74, 6) is -2.70. The molecular weight excluding hydrogens is 440 g/mol. The summed E-state index contributed by atoms with van der Waals surface area (Å²) < 4.78 is 11.3. The number of hydrogen-bond donors (Lipinski definition) is 0. The maximum absolute atomic E-state index is 12.9. The number of likely N-dealkylation sites (tertiary alicyclic amines) is 1. The van der Waals surface area contributed by atoms with Crippen LogP contribution in [-0.4, -0.2) is 59.6 Å². The summed E-state index contributed by atoms with van der Waals surface area (Å²) in [6.45, 7) is 1.45. The van der Waals surface area contributed by atoms with Crippen LogP contribution in [0.15, 0.2) is 54.6 Å². The van der Waals surface area contributed by atoms with Gasteiger partial charge in [-0.2, -0.15) is 0 Å². The summed E-state index contributed by atoms with van der Waals surface area (Å²) in [6.07, 6.45) is 0.202. The van der Waals surface area contributed by atoms with E-state index in [2.05, 4.69) is 0 Å². The Bertz CT molecular complexity index is 1080. The van der Waals surface area contributed by atoms with Crippen molar-refractivity contribution in [2.45, 2.75) is 25.6 Å². The Labute approximate surface area is 196 Å². The van der Waals surface area contributed by atoms with Crippen molar-refractivity contribution >= 4 is 23.9 Å². The highest BCUT2D eigenvalue weighted by molar-refractivity contribution is 6.20. The van der Waals surface area contributed by atoms with Crippen molar-refractivity contribution in [3.8, 4) is 0 Å². The van der Waals surface area contributed by atoms with Gasteiger partial charge in [0, 0.05) is 25.6 Å². The molecule has 176 valence electrons. The first-order valence-corrected chi connectivity index (χ1v) is 11.3. The lowest BCUT2D eigenvalue weighted by Gasteiger charge is -2.24. The van der Waals surface area contributed by atoms with Gasteiger partial charge in [-0.3, -0.25) is 9.59 Å². The Morgan fingerprint density at radius 2 is 1.62 bits per heavy atom. The van der Waals surface area contributed by atoms with Crippen LogP contribution in [0.3, 0.4) is 0 Å². The van der Waals surface area contributed by atoms with Crippen LogP contribution in [0.5, 0.6) is 0 Å². The van der Waals surface area contributed by atoms with Gasteiger partial charge in [0.2, 0.25) is 0 Å². The van der Waals surface area contributed by atoms with Gasteiger partial charge in [0.25, 0.3) is 11.8 Å². The number of hydroxylamine groups is 2. The molecule has 3 aliphatic heterocycles. The number of carbonyl (C=O) groups is 4. The molecule has 0 saturated carbocycles. The number of hydrogen-bond acceptors (Lipinski definition) is 7. The molecule has 0 radical (unpaired) electrons. The van der Waals surface area contributed by atoms with Crippen molar-refractivity contribution in [2.75, 3.05) is 19.7 Å². The van der Waals surface area contributed by atoms with Gasteiger partial charge in [0.05, 0.1) is 23.1 Å². The minimum Gasteiger partial charge on any atom is -0.445 e. The number of nitrogens with zero attached hydrogens (tertiary/aromatic N) is 2. The minimum atomic E-state index is -0.679. The Morgan fingerprint density at radius 3 is 2.32 bits per heavy atom. The minimum absolute atomic E-state index is 0.0773. The summed E-state index contributed by atoms with van der Waals surface area (Å²) in [6, 6.07) is 15.8. The van der Waals surface area contributed by atoms with E-state index in [0.29, 0.717) is 37.6 Å². The van der Waals surface area contributed by atoms with Gasteiger partial charge in [-0.1, -0.05) is 47.5 Å². The molecule has 3 aliphatic rings. The molecule has 0 bridgehead atoms. The van der Waals surface area contributed by atoms with Crippen molar-refractivity contribution in [3.05, 3.63) is 71.3 Å². The van der Waals surface area contributed by atoms with E-state index in [1.165, 1.54) is 12.1 Å². The van der Waals surface area contributed by atoms with Crippen molar-refractivity contribution < 1.29 is 33.5 Å². The van der Waals surface area contributed by atoms with Gasteiger partial charge in [-0.15, -0.1) is 0 Å². The molecule has 2 aromatic carbocycles. The summed E-state index contributed by atoms with van der Waals surface area (Å²) in [5, 5.41) is 0.532. The third-order valence-corrected chi connectivity index (χ3v) is 6.53. The Hall–Kier alpha value is -3.72. The van der Waals surface area contributed by atoms with Gasteiger partial charge < -0.3 is 19.2 Å². The van der Waals surface area contributed by atoms with E-state index in [4.69, 9.17) is 14.3 Å². The number of imide groups is 1. The Kier molecular flexibility index (Phi) is 6.02. The standard InChI is InChI=1S/C25H24N2O7/c28-22-18-8-4-5-9-19(18)23(29)27(22)34-24(30)20-11-13-32-21(20)17-10-12-26(14-17)25(31)33-15-16-6-2-1-3-7-16/h1-9,17,20-21H,10-15H2/t17?,20-,21+/m1/s1. The van der Waals surface area contributed by atoms with Crippen LogP contribution in [0.1, 0.15) is 39.1 Å². The van der Waals surface area contributed by atoms with Crippen LogP contribution in [0.25, 0.3) is 0 Å². The second kappa shape index (κ2) is 9.26. The monoisotopic (exact) mass is 464 g/mol. The molecule has 2 fully saturated rings. The fraction of sp³-hybridized carbons (Fsp3) is 0.360. The van der Waals surface area contributed by atoms with Crippen LogP contribution >= 0.6 is 0 Å². The van der Waals surface area contributed by atoms with Gasteiger partial charge in [0.15, 0.2) is 0 Å². The lowest BCUT2D eigenvalue weighted by Crippen LogP contribution is -2.40. The third-order valence-electron chi connectivity index (χ3n) is 6.53. The van der Waals surface area contributed by atoms with Crippen LogP contribution < -0.4 is 0 Å². The fourth-order valence-electron chi connectivity index (χ4n) is 4.77. The molecule has 1 unspecified atom stereocenters. The zero-order valence-electron chi connectivity index (χ0n) is 18.4. The molecule has 0 N–H and O–H groups in total. The Morgan fingerprint density at radius 1 is 0.941 bits per heavy atom. The summed E-state index contributed by atoms with van der Waals surface area (Å²) >= 11 is 0. The molecule has 2 saturated heterocycles. The number of fused-ring (bicyclic) bond motifs is 1. The number of rotatable bonds is 5. The zero-order valence-corrected chi connectivity index (χ0v) is 18.4. The summed E-state index contributed by atoms with van der Waals surface area (Å²) in [5.41, 5.74) is 1.32. The molecular formula is C25H24N2O7. The number of ether oxygens (including phenoxy) is 2. The first kappa shape index (κ1) is 22.1. The average molecular weight is 464 g/mol. The highest BCUT2D eigenvalue weighted by atomic mass is 16.7. The summed E-state index contributed by atoms with van der Waals surface area (Å²) in [7, 11) is 0. The first-order chi connectivity index (χ1) is 16.5. The van der Waals surface area contributed by atoms with E-state index in [1.54, 1.807) is 17.0 Å². The average Bonchev–Trinajstić information content (AvgIpc) is 3.59. The first-order valence-electron chi connectivity index (χ1n) is 11.3. The number of benzene rings is 2. The van der Waals surface area contributed by atoms with Crippen molar-refractivity contribution in [1.29, 1.82) is 0 Å². The van der Waals surface area contributed by atoms with E-state index in [9.17, 15) is 19.2 Å².